The molecule has 1 saturated carbocycles. The molecule has 0 radical (unpaired) electrons. The molecule has 0 heterocycles. The Morgan fingerprint density at radius 2 is 1.89 bits per heavy atom. The minimum absolute atomic E-state index is 0.00769. The van der Waals surface area contributed by atoms with E-state index in [2.05, 4.69) is 23.5 Å². The summed E-state index contributed by atoms with van der Waals surface area (Å²) in [7, 11) is 0. The van der Waals surface area contributed by atoms with Gasteiger partial charge in [0.2, 0.25) is 0 Å². The zero-order valence-electron chi connectivity index (χ0n) is 10.9. The van der Waals surface area contributed by atoms with E-state index in [-0.39, 0.29) is 6.04 Å². The van der Waals surface area contributed by atoms with Gasteiger partial charge in [0.05, 0.1) is 12.1 Å². The van der Waals surface area contributed by atoms with Crippen LogP contribution in [0.1, 0.15) is 44.1 Å². The van der Waals surface area contributed by atoms with E-state index in [0.29, 0.717) is 0 Å². The third-order valence-electron chi connectivity index (χ3n) is 3.85. The van der Waals surface area contributed by atoms with E-state index < -0.39 is 0 Å². The van der Waals surface area contributed by atoms with Crippen LogP contribution < -0.4 is 5.32 Å². The zero-order valence-corrected chi connectivity index (χ0v) is 10.9. The molecule has 0 bridgehead atoms. The lowest BCUT2D eigenvalue weighted by molar-refractivity contribution is 0.317. The molecule has 2 heteroatoms. The number of nitrogens with one attached hydrogen (secondary N) is 1. The van der Waals surface area contributed by atoms with Gasteiger partial charge in [0.25, 0.3) is 0 Å². The Balaban J connectivity index is 1.77. The maximum atomic E-state index is 9.22. The van der Waals surface area contributed by atoms with Crippen LogP contribution >= 0.6 is 0 Å². The zero-order chi connectivity index (χ0) is 12.6. The molecule has 0 saturated heterocycles. The van der Waals surface area contributed by atoms with Crippen molar-refractivity contribution in [1.82, 2.24) is 5.32 Å². The summed E-state index contributed by atoms with van der Waals surface area (Å²) in [5.41, 5.74) is 1.25. The summed E-state index contributed by atoms with van der Waals surface area (Å²) < 4.78 is 0. The summed E-state index contributed by atoms with van der Waals surface area (Å²) in [5, 5.41) is 12.6. The predicted octanol–water partition coefficient (Wildman–Crippen LogP) is 3.64. The fourth-order valence-corrected chi connectivity index (χ4v) is 2.77. The molecule has 0 aromatic heterocycles. The molecule has 1 aromatic carbocycles. The van der Waals surface area contributed by atoms with Crippen molar-refractivity contribution in [1.29, 1.82) is 5.26 Å². The highest BCUT2D eigenvalue weighted by atomic mass is 14.9. The quantitative estimate of drug-likeness (QED) is 0.855. The first-order chi connectivity index (χ1) is 8.88. The van der Waals surface area contributed by atoms with E-state index in [1.807, 2.05) is 18.2 Å². The number of hydrogen-bond donors (Lipinski definition) is 1. The van der Waals surface area contributed by atoms with Gasteiger partial charge in [-0.05, 0) is 17.9 Å². The Labute approximate surface area is 110 Å². The van der Waals surface area contributed by atoms with Gasteiger partial charge in [-0.15, -0.1) is 0 Å². The van der Waals surface area contributed by atoms with Gasteiger partial charge in [0.15, 0.2) is 0 Å². The summed E-state index contributed by atoms with van der Waals surface area (Å²) in [6.45, 7) is 0.797. The number of nitrogens with zero attached hydrogens (tertiary/aromatic N) is 1. The van der Waals surface area contributed by atoms with Gasteiger partial charge >= 0.3 is 0 Å². The van der Waals surface area contributed by atoms with Gasteiger partial charge in [-0.25, -0.2) is 0 Å². The van der Waals surface area contributed by atoms with Gasteiger partial charge < -0.3 is 0 Å². The molecule has 1 N–H and O–H groups in total. The smallest absolute Gasteiger partial charge is 0.0958 e. The van der Waals surface area contributed by atoms with E-state index >= 15 is 0 Å². The van der Waals surface area contributed by atoms with Crippen LogP contribution in [-0.4, -0.2) is 6.04 Å². The lowest BCUT2D eigenvalue weighted by atomic mass is 9.85. The monoisotopic (exact) mass is 242 g/mol. The van der Waals surface area contributed by atoms with Crippen molar-refractivity contribution in [3.63, 3.8) is 0 Å². The van der Waals surface area contributed by atoms with E-state index in [1.165, 1.54) is 37.7 Å². The second kappa shape index (κ2) is 7.18. The van der Waals surface area contributed by atoms with Crippen LogP contribution in [0.2, 0.25) is 0 Å². The number of nitriles is 1. The number of hydrogen-bond acceptors (Lipinski definition) is 2. The molecule has 96 valence electrons. The Bertz CT molecular complexity index is 374. The molecule has 18 heavy (non-hydrogen) atoms. The fraction of sp³-hybridized carbons (Fsp3) is 0.562. The Kier molecular flexibility index (Phi) is 5.23. The maximum absolute atomic E-state index is 9.22. The van der Waals surface area contributed by atoms with Gasteiger partial charge in [-0.2, -0.15) is 5.26 Å². The normalized spacial score (nSPS) is 18.2. The van der Waals surface area contributed by atoms with Crippen molar-refractivity contribution in [2.24, 2.45) is 5.92 Å². The van der Waals surface area contributed by atoms with Gasteiger partial charge in [0.1, 0.15) is 0 Å². The maximum Gasteiger partial charge on any atom is 0.0958 e. The van der Waals surface area contributed by atoms with Gasteiger partial charge in [0, 0.05) is 6.54 Å². The van der Waals surface area contributed by atoms with Crippen LogP contribution in [0.4, 0.5) is 0 Å². The molecule has 0 aliphatic heterocycles. The molecule has 1 fully saturated rings. The molecule has 1 atom stereocenters. The predicted molar refractivity (Wildman–Crippen MR) is 73.9 cm³/mol. The Morgan fingerprint density at radius 3 is 2.56 bits per heavy atom. The van der Waals surface area contributed by atoms with E-state index in [9.17, 15) is 5.26 Å². The van der Waals surface area contributed by atoms with Gasteiger partial charge in [-0.3, -0.25) is 5.32 Å². The fourth-order valence-electron chi connectivity index (χ4n) is 2.77. The molecule has 1 aliphatic rings. The minimum Gasteiger partial charge on any atom is -0.298 e. The topological polar surface area (TPSA) is 35.8 Å². The van der Waals surface area contributed by atoms with Gasteiger partial charge in [-0.1, -0.05) is 62.4 Å². The Hall–Kier alpha value is -1.33. The van der Waals surface area contributed by atoms with Crippen molar-refractivity contribution in [2.45, 2.75) is 51.1 Å². The molecule has 2 rings (SSSR count). The summed E-state index contributed by atoms with van der Waals surface area (Å²) >= 11 is 0. The molecular weight excluding hydrogens is 220 g/mol. The van der Waals surface area contributed by atoms with Crippen molar-refractivity contribution in [3.05, 3.63) is 35.9 Å². The molecule has 0 spiro atoms. The molecule has 1 aromatic rings. The van der Waals surface area contributed by atoms with Crippen molar-refractivity contribution in [3.8, 4) is 6.07 Å². The molecule has 2 nitrogen and oxygen atoms in total. The average molecular weight is 242 g/mol. The second-order valence-corrected chi connectivity index (χ2v) is 5.29. The van der Waals surface area contributed by atoms with Crippen molar-refractivity contribution in [2.75, 3.05) is 0 Å². The number of rotatable bonds is 5. The van der Waals surface area contributed by atoms with Crippen LogP contribution in [0.15, 0.2) is 30.3 Å². The molecule has 1 unspecified atom stereocenters. The van der Waals surface area contributed by atoms with Crippen LogP contribution in [0.3, 0.4) is 0 Å². The van der Waals surface area contributed by atoms with Crippen LogP contribution in [0.5, 0.6) is 0 Å². The first-order valence-corrected chi connectivity index (χ1v) is 7.05. The summed E-state index contributed by atoms with van der Waals surface area (Å²) in [6.07, 6.45) is 7.72. The van der Waals surface area contributed by atoms with Crippen LogP contribution in [-0.2, 0) is 6.54 Å². The second-order valence-electron chi connectivity index (χ2n) is 5.29. The van der Waals surface area contributed by atoms with Crippen molar-refractivity contribution >= 4 is 0 Å². The average Bonchev–Trinajstić information content (AvgIpc) is 2.45. The lowest BCUT2D eigenvalue weighted by Gasteiger charge is -2.24. The first-order valence-electron chi connectivity index (χ1n) is 7.05. The number of benzene rings is 1. The van der Waals surface area contributed by atoms with Crippen molar-refractivity contribution < 1.29 is 0 Å². The Morgan fingerprint density at radius 1 is 1.17 bits per heavy atom. The summed E-state index contributed by atoms with van der Waals surface area (Å²) in [4.78, 5) is 0. The SMILES string of the molecule is N#CC(CC1CCCCC1)NCc1ccccc1. The molecule has 1 aliphatic carbocycles. The lowest BCUT2D eigenvalue weighted by Crippen LogP contribution is -2.30. The highest BCUT2D eigenvalue weighted by molar-refractivity contribution is 5.14. The highest BCUT2D eigenvalue weighted by Gasteiger charge is 2.18. The standard InChI is InChI=1S/C16H22N2/c17-12-16(11-14-7-3-1-4-8-14)18-13-15-9-5-2-6-10-15/h2,5-6,9-10,14,16,18H,1,3-4,7-8,11,13H2. The van der Waals surface area contributed by atoms with Crippen LogP contribution in [0, 0.1) is 17.2 Å². The van der Waals surface area contributed by atoms with Crippen LogP contribution in [0.25, 0.3) is 0 Å². The van der Waals surface area contributed by atoms with E-state index in [0.717, 1.165) is 18.9 Å². The summed E-state index contributed by atoms with van der Waals surface area (Å²) in [5.74, 6) is 0.756. The highest BCUT2D eigenvalue weighted by Crippen LogP contribution is 2.27. The molecular formula is C16H22N2. The van der Waals surface area contributed by atoms with E-state index in [4.69, 9.17) is 0 Å². The summed E-state index contributed by atoms with van der Waals surface area (Å²) in [6, 6.07) is 12.7. The van der Waals surface area contributed by atoms with E-state index in [1.54, 1.807) is 0 Å². The largest absolute Gasteiger partial charge is 0.298 e. The molecule has 0 amide bonds. The first kappa shape index (κ1) is 13.1. The minimum atomic E-state index is 0.00769. The third kappa shape index (κ3) is 4.16. The third-order valence-corrected chi connectivity index (χ3v) is 3.85.